The maximum absolute atomic E-state index is 12.6. The number of carbonyl (C=O) groups excluding carboxylic acids is 1. The Bertz CT molecular complexity index is 1510. The van der Waals surface area contributed by atoms with Crippen molar-refractivity contribution < 1.29 is 15.0 Å². The molecule has 0 aromatic rings. The summed E-state index contributed by atoms with van der Waals surface area (Å²) in [6, 6.07) is -0.547. The van der Waals surface area contributed by atoms with Crippen molar-refractivity contribution in [3.05, 3.63) is 109 Å². The number of carbonyl (C=O) groups is 1. The molecule has 0 saturated carbocycles. The van der Waals surface area contributed by atoms with Gasteiger partial charge >= 0.3 is 0 Å². The highest BCUT2D eigenvalue weighted by Crippen LogP contribution is 2.18. The zero-order valence-electron chi connectivity index (χ0n) is 54.0. The lowest BCUT2D eigenvalue weighted by Gasteiger charge is -2.22. The van der Waals surface area contributed by atoms with E-state index in [-0.39, 0.29) is 12.5 Å². The van der Waals surface area contributed by atoms with Gasteiger partial charge < -0.3 is 15.5 Å². The monoisotopic (exact) mass is 1120 g/mol. The van der Waals surface area contributed by atoms with Gasteiger partial charge in [0, 0.05) is 6.42 Å². The SMILES string of the molecule is CC/C=C\C/C=C\C/C=C\C/C=C\C/C=C\C/C=C\C/C=C\C/C=C\C/C=C\CCCCCCCCCCCCCC(=O)NC(CO)C(O)CCCCCCCCCCCCCCCCCCCCCCCCCCCCCCCC. The fourth-order valence-corrected chi connectivity index (χ4v) is 10.7. The van der Waals surface area contributed by atoms with E-state index in [0.29, 0.717) is 12.8 Å². The molecule has 0 bridgehead atoms. The number of aliphatic hydroxyl groups excluding tert-OH is 2. The first-order chi connectivity index (χ1) is 40.2. The Morgan fingerprint density at radius 2 is 0.543 bits per heavy atom. The normalized spacial score (nSPS) is 13.4. The molecule has 2 unspecified atom stereocenters. The molecule has 0 saturated heterocycles. The summed E-state index contributed by atoms with van der Waals surface area (Å²) < 4.78 is 0. The molecule has 0 aromatic carbocycles. The van der Waals surface area contributed by atoms with Crippen molar-refractivity contribution in [1.82, 2.24) is 5.32 Å². The molecule has 4 heteroatoms. The molecule has 0 spiro atoms. The van der Waals surface area contributed by atoms with Crippen molar-refractivity contribution in [3.63, 3.8) is 0 Å². The van der Waals surface area contributed by atoms with Crippen molar-refractivity contribution >= 4 is 5.91 Å². The van der Waals surface area contributed by atoms with E-state index in [1.807, 2.05) is 0 Å². The van der Waals surface area contributed by atoms with Gasteiger partial charge in [-0.3, -0.25) is 4.79 Å². The summed E-state index contributed by atoms with van der Waals surface area (Å²) >= 11 is 0. The zero-order valence-corrected chi connectivity index (χ0v) is 54.0. The molecular formula is C77H137NO3. The van der Waals surface area contributed by atoms with E-state index in [4.69, 9.17) is 0 Å². The Kier molecular flexibility index (Phi) is 68.7. The standard InChI is InChI=1S/C77H137NO3/c1-3-5-7-9-11-13-15-17-19-21-23-25-27-29-31-33-35-36-37-38-39-40-41-42-43-45-47-49-51-53-55-57-59-61-63-65-67-69-71-73-77(81)78-75(74-79)76(80)72-70-68-66-64-62-60-58-56-54-52-50-48-46-44-34-32-30-28-26-24-22-20-18-16-14-12-10-8-6-4-2/h5,7,11,13,17,19,23,25,29,31,35-36,38-39,41-42,45,47,75-76,79-80H,3-4,6,8-10,12,14-16,18,20-22,24,26-28,30,32-34,37,40,43-44,46,48-74H2,1-2H3,(H,78,81)/b7-5-,13-11-,19-17-,25-23-,31-29-,36-35-,39-38-,42-41-,47-45-. The van der Waals surface area contributed by atoms with Gasteiger partial charge in [-0.05, 0) is 83.5 Å². The third-order valence-corrected chi connectivity index (χ3v) is 16.0. The van der Waals surface area contributed by atoms with Crippen LogP contribution in [-0.4, -0.2) is 34.9 Å². The number of amides is 1. The molecule has 3 N–H and O–H groups in total. The average Bonchev–Trinajstić information content (AvgIpc) is 3.47. The van der Waals surface area contributed by atoms with Crippen molar-refractivity contribution in [1.29, 1.82) is 0 Å². The minimum Gasteiger partial charge on any atom is -0.394 e. The summed E-state index contributed by atoms with van der Waals surface area (Å²) in [5.74, 6) is -0.0338. The molecule has 0 aliphatic rings. The lowest BCUT2D eigenvalue weighted by molar-refractivity contribution is -0.123. The number of allylic oxidation sites excluding steroid dienone is 18. The molecule has 0 heterocycles. The van der Waals surface area contributed by atoms with Gasteiger partial charge in [-0.2, -0.15) is 0 Å². The third kappa shape index (κ3) is 67.7. The summed E-state index contributed by atoms with van der Waals surface area (Å²) in [5, 5.41) is 23.5. The van der Waals surface area contributed by atoms with Gasteiger partial charge in [0.2, 0.25) is 5.91 Å². The first kappa shape index (κ1) is 78.0. The molecule has 0 aromatic heterocycles. The Morgan fingerprint density at radius 3 is 0.815 bits per heavy atom. The van der Waals surface area contributed by atoms with Gasteiger partial charge in [0.15, 0.2) is 0 Å². The number of nitrogens with one attached hydrogen (secondary N) is 1. The van der Waals surface area contributed by atoms with Crippen LogP contribution in [0.1, 0.15) is 354 Å². The predicted molar refractivity (Wildman–Crippen MR) is 363 cm³/mol. The van der Waals surface area contributed by atoms with E-state index in [2.05, 4.69) is 129 Å². The second kappa shape index (κ2) is 71.3. The maximum atomic E-state index is 12.6. The van der Waals surface area contributed by atoms with Crippen molar-refractivity contribution in [3.8, 4) is 0 Å². The zero-order chi connectivity index (χ0) is 58.4. The third-order valence-electron chi connectivity index (χ3n) is 16.0. The minimum atomic E-state index is -0.669. The Hall–Kier alpha value is -2.95. The molecule has 468 valence electrons. The lowest BCUT2D eigenvalue weighted by Crippen LogP contribution is -2.45. The first-order valence-corrected chi connectivity index (χ1v) is 35.6. The molecule has 0 aliphatic heterocycles. The van der Waals surface area contributed by atoms with E-state index >= 15 is 0 Å². The van der Waals surface area contributed by atoms with Gasteiger partial charge in [0.1, 0.15) is 0 Å². The highest BCUT2D eigenvalue weighted by atomic mass is 16.3. The Labute approximate surface area is 506 Å². The van der Waals surface area contributed by atoms with Crippen LogP contribution in [0.3, 0.4) is 0 Å². The lowest BCUT2D eigenvalue weighted by atomic mass is 10.0. The van der Waals surface area contributed by atoms with Crippen LogP contribution < -0.4 is 5.32 Å². The van der Waals surface area contributed by atoms with E-state index in [9.17, 15) is 15.0 Å². The highest BCUT2D eigenvalue weighted by molar-refractivity contribution is 5.76. The summed E-state index contributed by atoms with van der Waals surface area (Å²) in [5.41, 5.74) is 0. The van der Waals surface area contributed by atoms with Gasteiger partial charge in [-0.15, -0.1) is 0 Å². The number of aliphatic hydroxyl groups is 2. The fraction of sp³-hybridized carbons (Fsp3) is 0.753. The van der Waals surface area contributed by atoms with E-state index < -0.39 is 12.1 Å². The van der Waals surface area contributed by atoms with E-state index in [0.717, 1.165) is 83.5 Å². The molecular weight excluding hydrogens is 987 g/mol. The van der Waals surface area contributed by atoms with Gasteiger partial charge in [0.25, 0.3) is 0 Å². The molecule has 81 heavy (non-hydrogen) atoms. The second-order valence-electron chi connectivity index (χ2n) is 23.9. The summed E-state index contributed by atoms with van der Waals surface area (Å²) in [6.07, 6.45) is 107. The van der Waals surface area contributed by atoms with Crippen LogP contribution in [0.4, 0.5) is 0 Å². The van der Waals surface area contributed by atoms with Crippen LogP contribution in [0.15, 0.2) is 109 Å². The minimum absolute atomic E-state index is 0.0338. The van der Waals surface area contributed by atoms with E-state index in [1.165, 1.54) is 244 Å². The van der Waals surface area contributed by atoms with Crippen molar-refractivity contribution in [2.45, 2.75) is 366 Å². The van der Waals surface area contributed by atoms with Gasteiger partial charge in [0.05, 0.1) is 18.8 Å². The number of hydrogen-bond acceptors (Lipinski definition) is 3. The summed E-state index contributed by atoms with van der Waals surface area (Å²) in [6.45, 7) is 4.27. The topological polar surface area (TPSA) is 69.6 Å². The van der Waals surface area contributed by atoms with Gasteiger partial charge in [-0.1, -0.05) is 374 Å². The molecule has 4 nitrogen and oxygen atoms in total. The van der Waals surface area contributed by atoms with Crippen molar-refractivity contribution in [2.24, 2.45) is 0 Å². The number of rotatable bonds is 65. The highest BCUT2D eigenvalue weighted by Gasteiger charge is 2.20. The molecule has 0 aliphatic carbocycles. The largest absolute Gasteiger partial charge is 0.394 e. The number of hydrogen-bond donors (Lipinski definition) is 3. The average molecular weight is 1120 g/mol. The summed E-state index contributed by atoms with van der Waals surface area (Å²) in [4.78, 5) is 12.6. The van der Waals surface area contributed by atoms with E-state index in [1.54, 1.807) is 0 Å². The van der Waals surface area contributed by atoms with Crippen LogP contribution in [0.2, 0.25) is 0 Å². The Morgan fingerprint density at radius 1 is 0.309 bits per heavy atom. The molecule has 1 amide bonds. The smallest absolute Gasteiger partial charge is 0.220 e. The first-order valence-electron chi connectivity index (χ1n) is 35.6. The van der Waals surface area contributed by atoms with Crippen LogP contribution in [0, 0.1) is 0 Å². The predicted octanol–water partition coefficient (Wildman–Crippen LogP) is 24.5. The van der Waals surface area contributed by atoms with Crippen LogP contribution in [0.25, 0.3) is 0 Å². The maximum Gasteiger partial charge on any atom is 0.220 e. The Balaban J connectivity index is 3.50. The van der Waals surface area contributed by atoms with Crippen LogP contribution in [-0.2, 0) is 4.79 Å². The second-order valence-corrected chi connectivity index (χ2v) is 23.9. The quantitative estimate of drug-likeness (QED) is 0.0420. The van der Waals surface area contributed by atoms with Crippen LogP contribution in [0.5, 0.6) is 0 Å². The van der Waals surface area contributed by atoms with Crippen molar-refractivity contribution in [2.75, 3.05) is 6.61 Å². The molecule has 2 atom stereocenters. The number of unbranched alkanes of at least 4 members (excludes halogenated alkanes) is 40. The molecule has 0 rings (SSSR count). The van der Waals surface area contributed by atoms with Gasteiger partial charge in [-0.25, -0.2) is 0 Å². The molecule has 0 radical (unpaired) electrons. The fourth-order valence-electron chi connectivity index (χ4n) is 10.7. The summed E-state index contributed by atoms with van der Waals surface area (Å²) in [7, 11) is 0. The molecule has 0 fully saturated rings. The van der Waals surface area contributed by atoms with Crippen LogP contribution >= 0.6 is 0 Å².